The smallest absolute Gasteiger partial charge is 0.369 e. The maximum Gasteiger partial charge on any atom is 0.446 e. The first-order chi connectivity index (χ1) is 20.6. The topological polar surface area (TPSA) is 127 Å². The van der Waals surface area contributed by atoms with Crippen molar-refractivity contribution in [2.45, 2.75) is 36.5 Å². The lowest BCUT2D eigenvalue weighted by molar-refractivity contribution is -0.156. The number of hydrogen-bond acceptors (Lipinski definition) is 8. The molecule has 2 aromatic carbocycles. The van der Waals surface area contributed by atoms with Crippen molar-refractivity contribution in [3.63, 3.8) is 0 Å². The van der Waals surface area contributed by atoms with Crippen LogP contribution in [-0.2, 0) is 31.0 Å². The van der Waals surface area contributed by atoms with Gasteiger partial charge in [-0.2, -0.15) is 30.6 Å². The summed E-state index contributed by atoms with van der Waals surface area (Å²) in [5.74, 6) is -0.831. The first-order valence-corrected chi connectivity index (χ1v) is 14.6. The molecule has 0 aromatic heterocycles. The summed E-state index contributed by atoms with van der Waals surface area (Å²) in [5, 5.41) is 9.40. The number of anilines is 1. The van der Waals surface area contributed by atoms with Gasteiger partial charge in [0.1, 0.15) is 0 Å². The number of likely N-dealkylation sites (tertiary alicyclic amines) is 1. The molecule has 0 saturated carbocycles. The van der Waals surface area contributed by atoms with Gasteiger partial charge in [-0.1, -0.05) is 48.5 Å². The van der Waals surface area contributed by atoms with E-state index in [1.54, 1.807) is 5.48 Å². The van der Waals surface area contributed by atoms with Crippen molar-refractivity contribution in [1.29, 1.82) is 0 Å². The molecule has 1 amide bonds. The van der Waals surface area contributed by atoms with E-state index in [-0.39, 0.29) is 12.8 Å². The third kappa shape index (κ3) is 10.6. The van der Waals surface area contributed by atoms with E-state index in [1.807, 2.05) is 60.7 Å². The Labute approximate surface area is 250 Å². The van der Waals surface area contributed by atoms with Gasteiger partial charge in [0.05, 0.1) is 0 Å². The molecule has 244 valence electrons. The first kappa shape index (κ1) is 36.7. The molecular weight excluding hydrogens is 622 g/mol. The lowest BCUT2D eigenvalue weighted by Crippen LogP contribution is -2.63. The van der Waals surface area contributed by atoms with E-state index in [2.05, 4.69) is 9.80 Å². The van der Waals surface area contributed by atoms with Crippen molar-refractivity contribution in [3.05, 3.63) is 66.2 Å². The highest BCUT2D eigenvalue weighted by atomic mass is 32.2. The number of hydrogen-bond donors (Lipinski definition) is 2. The Morgan fingerprint density at radius 2 is 1.23 bits per heavy atom. The fourth-order valence-electron chi connectivity index (χ4n) is 4.69. The van der Waals surface area contributed by atoms with Crippen LogP contribution in [0.4, 0.5) is 32.0 Å². The molecule has 0 radical (unpaired) electrons. The molecule has 0 bridgehead atoms. The number of benzene rings is 2. The van der Waals surface area contributed by atoms with Crippen LogP contribution in [0.5, 0.6) is 0 Å². The van der Waals surface area contributed by atoms with E-state index in [1.165, 1.54) is 4.31 Å². The Balaban J connectivity index is 0.000000477. The summed E-state index contributed by atoms with van der Waals surface area (Å²) in [7, 11) is -3.95. The number of alkyl halides is 6. The number of carbonyl (C=O) groups is 3. The van der Waals surface area contributed by atoms with E-state index in [0.29, 0.717) is 45.8 Å². The first-order valence-electron chi connectivity index (χ1n) is 13.1. The van der Waals surface area contributed by atoms with Crippen LogP contribution in [0, 0.1) is 0 Å². The van der Waals surface area contributed by atoms with Gasteiger partial charge in [-0.05, 0) is 30.5 Å². The number of aldehydes is 2. The zero-order valence-corrected chi connectivity index (χ0v) is 24.1. The van der Waals surface area contributed by atoms with Crippen LogP contribution in [0.25, 0.3) is 0 Å². The number of para-hydroxylation sites is 1. The van der Waals surface area contributed by atoms with Gasteiger partial charge >= 0.3 is 12.4 Å². The number of halogens is 6. The number of sulfonamides is 1. The Morgan fingerprint density at radius 3 is 1.64 bits per heavy atom. The van der Waals surface area contributed by atoms with Gasteiger partial charge in [-0.3, -0.25) is 24.5 Å². The quantitative estimate of drug-likeness (QED) is 0.211. The predicted molar refractivity (Wildman–Crippen MR) is 147 cm³/mol. The lowest BCUT2D eigenvalue weighted by Gasteiger charge is -2.44. The highest BCUT2D eigenvalue weighted by molar-refractivity contribution is 7.91. The van der Waals surface area contributed by atoms with Crippen LogP contribution in [0.3, 0.4) is 0 Å². The van der Waals surface area contributed by atoms with Gasteiger partial charge in [0.15, 0.2) is 4.75 Å². The maximum absolute atomic E-state index is 13.7. The van der Waals surface area contributed by atoms with Crippen LogP contribution in [0.2, 0.25) is 0 Å². The molecule has 17 heteroatoms. The largest absolute Gasteiger partial charge is 0.446 e. The highest BCUT2D eigenvalue weighted by Gasteiger charge is 2.55. The lowest BCUT2D eigenvalue weighted by atomic mass is 9.94. The maximum atomic E-state index is 13.7. The summed E-state index contributed by atoms with van der Waals surface area (Å²) in [6.07, 6.45) is -11.1. The number of nitrogens with one attached hydrogen (secondary N) is 1. The predicted octanol–water partition coefficient (Wildman–Crippen LogP) is 3.17. The SMILES string of the molecule is O=C(NO)C1(S(=O)(=O)N2CCN(c3ccccc3)CC2)CCN(Cc2ccccc2)CC1.O=CC(F)(F)F.O=CC(F)(F)F. The van der Waals surface area contributed by atoms with Crippen molar-refractivity contribution >= 4 is 34.2 Å². The Hall–Kier alpha value is -3.54. The summed E-state index contributed by atoms with van der Waals surface area (Å²) < 4.78 is 89.7. The second kappa shape index (κ2) is 16.0. The van der Waals surface area contributed by atoms with Crippen LogP contribution in [0.15, 0.2) is 60.7 Å². The molecule has 0 atom stereocenters. The average molecular weight is 655 g/mol. The minimum atomic E-state index is -4.64. The highest BCUT2D eigenvalue weighted by Crippen LogP contribution is 2.35. The van der Waals surface area contributed by atoms with Crippen LogP contribution in [-0.4, -0.2) is 97.7 Å². The summed E-state index contributed by atoms with van der Waals surface area (Å²) >= 11 is 0. The fraction of sp³-hybridized carbons (Fsp3) is 0.444. The summed E-state index contributed by atoms with van der Waals surface area (Å²) in [4.78, 5) is 34.4. The second-order valence-corrected chi connectivity index (χ2v) is 12.0. The Morgan fingerprint density at radius 1 is 0.795 bits per heavy atom. The molecule has 0 spiro atoms. The van der Waals surface area contributed by atoms with Gasteiger partial charge in [-0.25, -0.2) is 13.9 Å². The van der Waals surface area contributed by atoms with Crippen molar-refractivity contribution < 1.29 is 54.4 Å². The monoisotopic (exact) mass is 654 g/mol. The average Bonchev–Trinajstić information content (AvgIpc) is 3.02. The number of carbonyl (C=O) groups excluding carboxylic acids is 3. The zero-order chi connectivity index (χ0) is 33.0. The van der Waals surface area contributed by atoms with Crippen molar-refractivity contribution in [1.82, 2.24) is 14.7 Å². The van der Waals surface area contributed by atoms with Crippen LogP contribution in [0.1, 0.15) is 18.4 Å². The van der Waals surface area contributed by atoms with Gasteiger partial charge in [-0.15, -0.1) is 0 Å². The summed E-state index contributed by atoms with van der Waals surface area (Å²) in [6, 6.07) is 19.9. The number of amides is 1. The van der Waals surface area contributed by atoms with Gasteiger partial charge in [0, 0.05) is 51.5 Å². The van der Waals surface area contributed by atoms with Gasteiger partial charge < -0.3 is 4.90 Å². The molecular formula is C27H32F6N4O6S. The zero-order valence-electron chi connectivity index (χ0n) is 23.3. The standard InChI is InChI=1S/C23H30N4O4S.2C2HF3O/c28-22(24-29)23(11-13-25(14-12-23)19-20-7-3-1-4-8-20)32(30,31)27-17-15-26(16-18-27)21-9-5-2-6-10-21;2*3-2(4,5)1-6/h1-10,29H,11-19H2,(H,24,28);2*1H. The molecule has 2 aromatic rings. The molecule has 2 N–H and O–H groups in total. The van der Waals surface area contributed by atoms with Gasteiger partial charge in [0.25, 0.3) is 5.91 Å². The van der Waals surface area contributed by atoms with Crippen molar-refractivity contribution in [2.24, 2.45) is 0 Å². The molecule has 4 rings (SSSR count). The normalized spacial score (nSPS) is 17.7. The summed E-state index contributed by atoms with van der Waals surface area (Å²) in [5.41, 5.74) is 3.85. The van der Waals surface area contributed by atoms with E-state index < -0.39 is 45.6 Å². The van der Waals surface area contributed by atoms with E-state index >= 15 is 0 Å². The molecule has 0 aliphatic carbocycles. The minimum absolute atomic E-state index is 0.146. The third-order valence-corrected chi connectivity index (χ3v) is 9.52. The van der Waals surface area contributed by atoms with Crippen LogP contribution >= 0.6 is 0 Å². The van der Waals surface area contributed by atoms with Crippen LogP contribution < -0.4 is 10.4 Å². The molecule has 44 heavy (non-hydrogen) atoms. The molecule has 2 fully saturated rings. The third-order valence-electron chi connectivity index (χ3n) is 6.89. The number of piperidine rings is 1. The number of hydroxylamine groups is 1. The van der Waals surface area contributed by atoms with Crippen molar-refractivity contribution in [2.75, 3.05) is 44.2 Å². The molecule has 0 unspecified atom stereocenters. The Bertz CT molecular complexity index is 1280. The van der Waals surface area contributed by atoms with E-state index in [0.717, 1.165) is 11.3 Å². The van der Waals surface area contributed by atoms with E-state index in [9.17, 15) is 44.8 Å². The summed E-state index contributed by atoms with van der Waals surface area (Å²) in [6.45, 7) is 3.36. The molecule has 2 saturated heterocycles. The number of nitrogens with zero attached hydrogens (tertiary/aromatic N) is 3. The molecule has 2 heterocycles. The van der Waals surface area contributed by atoms with Gasteiger partial charge in [0.2, 0.25) is 22.6 Å². The van der Waals surface area contributed by atoms with Crippen molar-refractivity contribution in [3.8, 4) is 0 Å². The molecule has 2 aliphatic heterocycles. The minimum Gasteiger partial charge on any atom is -0.369 e. The molecule has 10 nitrogen and oxygen atoms in total. The second-order valence-electron chi connectivity index (χ2n) is 9.74. The van der Waals surface area contributed by atoms with E-state index in [4.69, 9.17) is 9.59 Å². The molecule has 2 aliphatic rings. The fourth-order valence-corrected chi connectivity index (χ4v) is 6.81. The number of piperazine rings is 1. The Kier molecular flexibility index (Phi) is 13.3. The number of rotatable bonds is 6.